The molecule has 2 aliphatic heterocycles. The third-order valence-electron chi connectivity index (χ3n) is 6.10. The third-order valence-corrected chi connectivity index (χ3v) is 6.10. The van der Waals surface area contributed by atoms with E-state index in [9.17, 15) is 8.78 Å². The van der Waals surface area contributed by atoms with Crippen LogP contribution in [0, 0.1) is 11.6 Å². The maximum Gasteiger partial charge on any atom is 0.164 e. The zero-order valence-corrected chi connectivity index (χ0v) is 19.0. The Balaban J connectivity index is 0.000000140. The van der Waals surface area contributed by atoms with Crippen molar-refractivity contribution >= 4 is 11.2 Å². The summed E-state index contributed by atoms with van der Waals surface area (Å²) >= 11 is 0. The highest BCUT2D eigenvalue weighted by Crippen LogP contribution is 2.33. The minimum absolute atomic E-state index is 0.246. The molecule has 0 amide bonds. The summed E-state index contributed by atoms with van der Waals surface area (Å²) in [6.45, 7) is 2.87. The van der Waals surface area contributed by atoms with Crippen molar-refractivity contribution in [1.82, 2.24) is 29.3 Å². The van der Waals surface area contributed by atoms with Crippen LogP contribution in [0.15, 0.2) is 43.0 Å². The first-order valence-electron chi connectivity index (χ1n) is 11.9. The first kappa shape index (κ1) is 22.6. The van der Waals surface area contributed by atoms with Crippen LogP contribution in [-0.4, -0.2) is 42.5 Å². The second-order valence-electron chi connectivity index (χ2n) is 8.69. The van der Waals surface area contributed by atoms with Crippen LogP contribution in [-0.2, 0) is 17.7 Å². The number of rotatable bonds is 2. The standard InChI is InChI=1S/C14H10F2N4.C6H8N2.C5H10O/c15-8-3-4-9(10(16)6-8)12-13-14(18-7-17-12)20-5-1-2-11(20)19-13;1-4-7-8(5-1)6-2-3-6;1-2-4-6-5-3-1/h3-4,6-7H,1-2,5H2;1,4-6H,2-3H2;1-5H2. The topological polar surface area (TPSA) is 70.7 Å². The Hall–Kier alpha value is -3.20. The normalized spacial score (nSPS) is 16.9. The quantitative estimate of drug-likeness (QED) is 0.410. The summed E-state index contributed by atoms with van der Waals surface area (Å²) in [5.74, 6) is -0.300. The number of halogens is 2. The molecule has 9 heteroatoms. The van der Waals surface area contributed by atoms with Crippen molar-refractivity contribution in [3.8, 4) is 11.3 Å². The number of ether oxygens (including phenoxy) is 1. The van der Waals surface area contributed by atoms with Gasteiger partial charge < -0.3 is 9.30 Å². The van der Waals surface area contributed by atoms with Crippen molar-refractivity contribution in [2.45, 2.75) is 57.5 Å². The first-order chi connectivity index (χ1) is 16.7. The minimum atomic E-state index is -0.641. The summed E-state index contributed by atoms with van der Waals surface area (Å²) in [6, 6.07) is 6.17. The Morgan fingerprint density at radius 2 is 1.85 bits per heavy atom. The molecule has 1 saturated heterocycles. The smallest absolute Gasteiger partial charge is 0.164 e. The molecule has 0 radical (unpaired) electrons. The molecule has 0 N–H and O–H groups in total. The van der Waals surface area contributed by atoms with E-state index < -0.39 is 11.6 Å². The Bertz CT molecular complexity index is 1220. The lowest BCUT2D eigenvalue weighted by molar-refractivity contribution is 0.0968. The summed E-state index contributed by atoms with van der Waals surface area (Å²) in [6.07, 6.45) is 13.8. The number of hydrogen-bond donors (Lipinski definition) is 0. The molecule has 3 aromatic heterocycles. The van der Waals surface area contributed by atoms with Gasteiger partial charge in [-0.3, -0.25) is 4.68 Å². The van der Waals surface area contributed by atoms with Gasteiger partial charge in [-0.1, -0.05) is 0 Å². The molecule has 34 heavy (non-hydrogen) atoms. The average Bonchev–Trinajstić information content (AvgIpc) is 3.23. The molecule has 3 aliphatic rings. The molecule has 0 unspecified atom stereocenters. The van der Waals surface area contributed by atoms with Gasteiger partial charge in [0.1, 0.15) is 35.0 Å². The van der Waals surface area contributed by atoms with E-state index in [-0.39, 0.29) is 5.56 Å². The van der Waals surface area contributed by atoms with E-state index in [2.05, 4.69) is 20.1 Å². The summed E-state index contributed by atoms with van der Waals surface area (Å²) in [5, 5.41) is 4.09. The predicted molar refractivity (Wildman–Crippen MR) is 124 cm³/mol. The Kier molecular flexibility index (Phi) is 6.89. The van der Waals surface area contributed by atoms with Gasteiger partial charge in [0.2, 0.25) is 0 Å². The molecule has 0 bridgehead atoms. The lowest BCUT2D eigenvalue weighted by Gasteiger charge is -2.08. The molecule has 5 heterocycles. The third kappa shape index (κ3) is 5.14. The van der Waals surface area contributed by atoms with Crippen LogP contribution < -0.4 is 0 Å². The van der Waals surface area contributed by atoms with E-state index in [4.69, 9.17) is 4.74 Å². The van der Waals surface area contributed by atoms with Gasteiger partial charge in [-0.2, -0.15) is 5.10 Å². The van der Waals surface area contributed by atoms with Crippen LogP contribution in [0.5, 0.6) is 0 Å². The van der Waals surface area contributed by atoms with Crippen LogP contribution in [0.3, 0.4) is 0 Å². The lowest BCUT2D eigenvalue weighted by atomic mass is 10.1. The average molecular weight is 467 g/mol. The van der Waals surface area contributed by atoms with Gasteiger partial charge in [-0.25, -0.2) is 23.7 Å². The lowest BCUT2D eigenvalue weighted by Crippen LogP contribution is -2.03. The van der Waals surface area contributed by atoms with Crippen molar-refractivity contribution in [3.05, 3.63) is 60.4 Å². The first-order valence-corrected chi connectivity index (χ1v) is 11.9. The van der Waals surface area contributed by atoms with E-state index in [0.29, 0.717) is 16.9 Å². The number of aryl methyl sites for hydroxylation is 2. The fraction of sp³-hybridized carbons (Fsp3) is 0.440. The number of nitrogens with zero attached hydrogens (tertiary/aromatic N) is 6. The second-order valence-corrected chi connectivity index (χ2v) is 8.69. The van der Waals surface area contributed by atoms with Crippen LogP contribution in [0.4, 0.5) is 8.78 Å². The van der Waals surface area contributed by atoms with Crippen molar-refractivity contribution in [1.29, 1.82) is 0 Å². The van der Waals surface area contributed by atoms with Gasteiger partial charge in [0.15, 0.2) is 5.65 Å². The molecule has 0 spiro atoms. The monoisotopic (exact) mass is 466 g/mol. The molecule has 1 aromatic carbocycles. The fourth-order valence-electron chi connectivity index (χ4n) is 4.20. The summed E-state index contributed by atoms with van der Waals surface area (Å²) in [7, 11) is 0. The Labute approximate surface area is 196 Å². The van der Waals surface area contributed by atoms with Gasteiger partial charge in [-0.15, -0.1) is 0 Å². The van der Waals surface area contributed by atoms with Crippen LogP contribution in [0.25, 0.3) is 22.4 Å². The molecule has 4 aromatic rings. The van der Waals surface area contributed by atoms with Crippen LogP contribution in [0.2, 0.25) is 0 Å². The number of benzene rings is 1. The van der Waals surface area contributed by atoms with Crippen molar-refractivity contribution < 1.29 is 13.5 Å². The van der Waals surface area contributed by atoms with Crippen LogP contribution in [0.1, 0.15) is 50.4 Å². The Morgan fingerprint density at radius 3 is 2.50 bits per heavy atom. The SMILES string of the molecule is C1CCOCC1.Fc1ccc(-c2ncnc3c2nc2n3CCC2)c(F)c1.c1cnn(C2CC2)c1. The van der Waals surface area contributed by atoms with E-state index >= 15 is 0 Å². The number of imidazole rings is 1. The zero-order valence-electron chi connectivity index (χ0n) is 19.0. The van der Waals surface area contributed by atoms with E-state index in [1.54, 1.807) is 0 Å². The van der Waals surface area contributed by atoms with Crippen molar-refractivity contribution in [2.24, 2.45) is 0 Å². The number of fused-ring (bicyclic) bond motifs is 3. The van der Waals surface area contributed by atoms with Gasteiger partial charge in [0.05, 0.1) is 6.04 Å². The van der Waals surface area contributed by atoms with E-state index in [1.165, 1.54) is 50.6 Å². The maximum absolute atomic E-state index is 13.9. The van der Waals surface area contributed by atoms with Gasteiger partial charge in [0.25, 0.3) is 0 Å². The highest BCUT2D eigenvalue weighted by atomic mass is 19.1. The molecule has 178 valence electrons. The van der Waals surface area contributed by atoms with Crippen molar-refractivity contribution in [3.63, 3.8) is 0 Å². The van der Waals surface area contributed by atoms with E-state index in [0.717, 1.165) is 50.5 Å². The largest absolute Gasteiger partial charge is 0.381 e. The van der Waals surface area contributed by atoms with Gasteiger partial charge in [0, 0.05) is 50.2 Å². The summed E-state index contributed by atoms with van der Waals surface area (Å²) in [5.41, 5.74) is 1.95. The molecule has 1 aliphatic carbocycles. The summed E-state index contributed by atoms with van der Waals surface area (Å²) < 4.78 is 36.1. The van der Waals surface area contributed by atoms with Gasteiger partial charge in [-0.05, 0) is 56.7 Å². The fourth-order valence-corrected chi connectivity index (χ4v) is 4.20. The molecular weight excluding hydrogens is 438 g/mol. The highest BCUT2D eigenvalue weighted by molar-refractivity contribution is 5.87. The number of hydrogen-bond acceptors (Lipinski definition) is 5. The molecule has 2 fully saturated rings. The van der Waals surface area contributed by atoms with Gasteiger partial charge >= 0.3 is 0 Å². The molecule has 0 atom stereocenters. The Morgan fingerprint density at radius 1 is 1.00 bits per heavy atom. The minimum Gasteiger partial charge on any atom is -0.381 e. The highest BCUT2D eigenvalue weighted by Gasteiger charge is 2.23. The number of aromatic nitrogens is 6. The summed E-state index contributed by atoms with van der Waals surface area (Å²) in [4.78, 5) is 12.9. The van der Waals surface area contributed by atoms with E-state index in [1.807, 2.05) is 27.7 Å². The molecule has 7 nitrogen and oxygen atoms in total. The molecular formula is C25H28F2N6O. The maximum atomic E-state index is 13.9. The second kappa shape index (κ2) is 10.4. The zero-order chi connectivity index (χ0) is 23.3. The predicted octanol–water partition coefficient (Wildman–Crippen LogP) is 5.12. The van der Waals surface area contributed by atoms with Crippen LogP contribution >= 0.6 is 0 Å². The molecule has 7 rings (SSSR count). The van der Waals surface area contributed by atoms with Crippen molar-refractivity contribution in [2.75, 3.05) is 13.2 Å². The molecule has 1 saturated carbocycles.